The summed E-state index contributed by atoms with van der Waals surface area (Å²) < 4.78 is 6.05. The van der Waals surface area contributed by atoms with Gasteiger partial charge in [0.2, 0.25) is 0 Å². The summed E-state index contributed by atoms with van der Waals surface area (Å²) in [6.45, 7) is 0. The second kappa shape index (κ2) is 7.11. The normalized spacial score (nSPS) is 17.7. The Morgan fingerprint density at radius 1 is 1.18 bits per heavy atom. The molecule has 6 heteroatoms. The van der Waals surface area contributed by atoms with Gasteiger partial charge >= 0.3 is 0 Å². The Morgan fingerprint density at radius 3 is 3.04 bits per heavy atom. The first-order valence-corrected chi connectivity index (χ1v) is 9.91. The summed E-state index contributed by atoms with van der Waals surface area (Å²) in [5, 5.41) is 1.09. The molecule has 0 fully saturated rings. The number of aromatic nitrogens is 3. The topological polar surface area (TPSA) is 93.1 Å². The van der Waals surface area contributed by atoms with Gasteiger partial charge in [0, 0.05) is 30.0 Å². The van der Waals surface area contributed by atoms with Crippen LogP contribution in [0.25, 0.3) is 33.5 Å². The van der Waals surface area contributed by atoms with E-state index >= 15 is 0 Å². The van der Waals surface area contributed by atoms with Gasteiger partial charge in [0.1, 0.15) is 17.2 Å². The van der Waals surface area contributed by atoms with Crippen LogP contribution in [-0.2, 0) is 6.42 Å². The van der Waals surface area contributed by atoms with Crippen molar-refractivity contribution in [1.82, 2.24) is 15.0 Å². The Morgan fingerprint density at radius 2 is 2.11 bits per heavy atom. The van der Waals surface area contributed by atoms with E-state index in [1.54, 1.807) is 6.20 Å². The standard InChI is InChI=1S/C22H23N5O/c23-19-8-4-2-6-15(25-19)9-10-20-26-21-16(11-12-24-22(21)27-20)18-13-14-5-1-3-7-17(14)28-18/h1,3,5,7,11-13,15H,2,4,6,8-10H2,(H2,23,25)(H,24,26,27). The van der Waals surface area contributed by atoms with Crippen molar-refractivity contribution in [1.29, 1.82) is 0 Å². The molecule has 1 aromatic carbocycles. The molecule has 142 valence electrons. The number of H-pyrrole nitrogens is 1. The smallest absolute Gasteiger partial charge is 0.178 e. The Labute approximate surface area is 162 Å². The second-order valence-electron chi connectivity index (χ2n) is 7.45. The van der Waals surface area contributed by atoms with E-state index in [-0.39, 0.29) is 0 Å². The molecular weight excluding hydrogens is 350 g/mol. The fourth-order valence-electron chi connectivity index (χ4n) is 3.96. The minimum Gasteiger partial charge on any atom is -0.456 e. The number of hydrogen-bond acceptors (Lipinski definition) is 5. The number of benzene rings is 1. The lowest BCUT2D eigenvalue weighted by molar-refractivity contribution is 0.548. The highest BCUT2D eigenvalue weighted by Gasteiger charge is 2.16. The maximum Gasteiger partial charge on any atom is 0.178 e. The highest BCUT2D eigenvalue weighted by molar-refractivity contribution is 5.92. The first kappa shape index (κ1) is 17.0. The lowest BCUT2D eigenvalue weighted by Gasteiger charge is -2.09. The molecule has 0 amide bonds. The summed E-state index contributed by atoms with van der Waals surface area (Å²) >= 11 is 0. The van der Waals surface area contributed by atoms with Crippen LogP contribution in [0, 0.1) is 0 Å². The van der Waals surface area contributed by atoms with Crippen LogP contribution in [0.15, 0.2) is 52.0 Å². The van der Waals surface area contributed by atoms with Crippen LogP contribution in [0.5, 0.6) is 0 Å². The molecule has 4 aromatic rings. The molecule has 0 saturated carbocycles. The van der Waals surface area contributed by atoms with Crippen molar-refractivity contribution in [3.05, 3.63) is 48.4 Å². The van der Waals surface area contributed by atoms with E-state index in [4.69, 9.17) is 15.1 Å². The minimum absolute atomic E-state index is 0.290. The zero-order chi connectivity index (χ0) is 18.9. The summed E-state index contributed by atoms with van der Waals surface area (Å²) in [6.07, 6.45) is 7.91. The molecule has 0 saturated heterocycles. The monoisotopic (exact) mass is 373 g/mol. The van der Waals surface area contributed by atoms with E-state index in [9.17, 15) is 0 Å². The first-order valence-electron chi connectivity index (χ1n) is 9.91. The maximum absolute atomic E-state index is 6.05. The molecule has 5 rings (SSSR count). The van der Waals surface area contributed by atoms with Crippen molar-refractivity contribution >= 4 is 28.0 Å². The third kappa shape index (κ3) is 3.26. The van der Waals surface area contributed by atoms with E-state index in [0.717, 1.165) is 77.2 Å². The number of hydrogen-bond donors (Lipinski definition) is 2. The van der Waals surface area contributed by atoms with Crippen molar-refractivity contribution in [3.8, 4) is 11.3 Å². The number of para-hydroxylation sites is 1. The van der Waals surface area contributed by atoms with Gasteiger partial charge < -0.3 is 15.1 Å². The molecule has 0 radical (unpaired) electrons. The summed E-state index contributed by atoms with van der Waals surface area (Å²) in [5.74, 6) is 2.55. The van der Waals surface area contributed by atoms with Gasteiger partial charge in [0.05, 0.1) is 17.4 Å². The van der Waals surface area contributed by atoms with Crippen LogP contribution < -0.4 is 5.73 Å². The molecule has 0 aliphatic carbocycles. The Bertz CT molecular complexity index is 1120. The molecule has 1 aliphatic heterocycles. The number of aromatic amines is 1. The third-order valence-corrected chi connectivity index (χ3v) is 5.42. The van der Waals surface area contributed by atoms with Crippen LogP contribution >= 0.6 is 0 Å². The summed E-state index contributed by atoms with van der Waals surface area (Å²) in [7, 11) is 0. The number of imidazole rings is 1. The van der Waals surface area contributed by atoms with Crippen LogP contribution in [0.3, 0.4) is 0 Å². The zero-order valence-corrected chi connectivity index (χ0v) is 15.7. The molecule has 3 aromatic heterocycles. The van der Waals surface area contributed by atoms with Crippen molar-refractivity contribution in [2.45, 2.75) is 44.6 Å². The number of amidine groups is 1. The Balaban J connectivity index is 1.43. The lowest BCUT2D eigenvalue weighted by atomic mass is 10.1. The van der Waals surface area contributed by atoms with Gasteiger partial charge in [-0.2, -0.15) is 0 Å². The van der Waals surface area contributed by atoms with Gasteiger partial charge in [0.25, 0.3) is 0 Å². The van der Waals surface area contributed by atoms with Gasteiger partial charge in [-0.3, -0.25) is 4.99 Å². The summed E-state index contributed by atoms with van der Waals surface area (Å²) in [6, 6.07) is 12.4. The van der Waals surface area contributed by atoms with E-state index in [1.807, 2.05) is 24.3 Å². The molecular formula is C22H23N5O. The lowest BCUT2D eigenvalue weighted by Crippen LogP contribution is -2.14. The molecule has 4 heterocycles. The number of nitrogens with zero attached hydrogens (tertiary/aromatic N) is 3. The minimum atomic E-state index is 0.290. The number of nitrogens with one attached hydrogen (secondary N) is 1. The number of pyridine rings is 1. The van der Waals surface area contributed by atoms with Crippen LogP contribution in [-0.4, -0.2) is 26.8 Å². The molecule has 6 nitrogen and oxygen atoms in total. The highest BCUT2D eigenvalue weighted by Crippen LogP contribution is 2.31. The summed E-state index contributed by atoms with van der Waals surface area (Å²) in [4.78, 5) is 17.2. The molecule has 1 unspecified atom stereocenters. The van der Waals surface area contributed by atoms with Crippen LogP contribution in [0.2, 0.25) is 0 Å². The molecule has 0 spiro atoms. The van der Waals surface area contributed by atoms with Gasteiger partial charge in [-0.1, -0.05) is 24.6 Å². The van der Waals surface area contributed by atoms with E-state index in [1.165, 1.54) is 6.42 Å². The van der Waals surface area contributed by atoms with E-state index < -0.39 is 0 Å². The molecule has 3 N–H and O–H groups in total. The van der Waals surface area contributed by atoms with Crippen molar-refractivity contribution in [2.75, 3.05) is 0 Å². The van der Waals surface area contributed by atoms with Gasteiger partial charge in [-0.25, -0.2) is 9.97 Å². The quantitative estimate of drug-likeness (QED) is 0.546. The van der Waals surface area contributed by atoms with Crippen LogP contribution in [0.4, 0.5) is 0 Å². The number of aryl methyl sites for hydroxylation is 1. The molecule has 1 atom stereocenters. The second-order valence-corrected chi connectivity index (χ2v) is 7.45. The highest BCUT2D eigenvalue weighted by atomic mass is 16.3. The van der Waals surface area contributed by atoms with Gasteiger partial charge in [0.15, 0.2) is 5.65 Å². The predicted molar refractivity (Wildman–Crippen MR) is 111 cm³/mol. The molecule has 0 bridgehead atoms. The Kier molecular flexibility index (Phi) is 4.31. The van der Waals surface area contributed by atoms with Gasteiger partial charge in [-0.05, 0) is 37.5 Å². The number of fused-ring (bicyclic) bond motifs is 2. The number of rotatable bonds is 4. The average molecular weight is 373 g/mol. The molecule has 1 aliphatic rings. The fourth-order valence-corrected chi connectivity index (χ4v) is 3.96. The zero-order valence-electron chi connectivity index (χ0n) is 15.7. The maximum atomic E-state index is 6.05. The van der Waals surface area contributed by atoms with E-state index in [2.05, 4.69) is 27.1 Å². The number of nitrogens with two attached hydrogens (primary N) is 1. The number of furan rings is 1. The van der Waals surface area contributed by atoms with Crippen molar-refractivity contribution < 1.29 is 4.42 Å². The first-order chi connectivity index (χ1) is 13.8. The predicted octanol–water partition coefficient (Wildman–Crippen LogP) is 4.60. The van der Waals surface area contributed by atoms with Gasteiger partial charge in [-0.15, -0.1) is 0 Å². The third-order valence-electron chi connectivity index (χ3n) is 5.42. The summed E-state index contributed by atoms with van der Waals surface area (Å²) in [5.41, 5.74) is 9.48. The van der Waals surface area contributed by atoms with Crippen molar-refractivity contribution in [3.63, 3.8) is 0 Å². The largest absolute Gasteiger partial charge is 0.456 e. The van der Waals surface area contributed by atoms with E-state index in [0.29, 0.717) is 6.04 Å². The average Bonchev–Trinajstić information content (AvgIpc) is 3.26. The fraction of sp³-hybridized carbons (Fsp3) is 0.318. The number of aliphatic imine (C=N–C) groups is 1. The van der Waals surface area contributed by atoms with Crippen LogP contribution in [0.1, 0.15) is 37.9 Å². The molecule has 28 heavy (non-hydrogen) atoms. The van der Waals surface area contributed by atoms with Crippen molar-refractivity contribution in [2.24, 2.45) is 10.7 Å². The Hall–Kier alpha value is -3.15. The SMILES string of the molecule is NC1=NC(CCc2nc3nccc(-c4cc5ccccc5o4)c3[nH]2)CCCC1.